The third kappa shape index (κ3) is 3.66. The molecule has 1 aromatic carbocycles. The van der Waals surface area contributed by atoms with Crippen molar-refractivity contribution >= 4 is 5.97 Å². The summed E-state index contributed by atoms with van der Waals surface area (Å²) in [5.74, 6) is -0.897. The van der Waals surface area contributed by atoms with Crippen LogP contribution < -0.4 is 5.32 Å². The third-order valence-electron chi connectivity index (χ3n) is 2.87. The zero-order chi connectivity index (χ0) is 13.7. The molecule has 0 unspecified atom stereocenters. The number of carboxylic acid groups (broad SMARTS) is 1. The molecule has 0 saturated carbocycles. The van der Waals surface area contributed by atoms with Crippen molar-refractivity contribution in [3.05, 3.63) is 53.3 Å². The lowest BCUT2D eigenvalue weighted by molar-refractivity contribution is 0.0697. The molecule has 2 rings (SSSR count). The average Bonchev–Trinajstić information content (AvgIpc) is 2.87. The highest BCUT2D eigenvalue weighted by Crippen LogP contribution is 2.05. The normalized spacial score (nSPS) is 10.6. The Hall–Kier alpha value is -2.14. The van der Waals surface area contributed by atoms with Crippen molar-refractivity contribution in [3.63, 3.8) is 0 Å². The zero-order valence-electron chi connectivity index (χ0n) is 10.8. The predicted octanol–water partition coefficient (Wildman–Crippen LogP) is 1.89. The monoisotopic (exact) mass is 259 g/mol. The number of hydrogen-bond donors (Lipinski definition) is 2. The van der Waals surface area contributed by atoms with E-state index in [0.29, 0.717) is 12.1 Å². The van der Waals surface area contributed by atoms with Gasteiger partial charge in [-0.3, -0.25) is 4.68 Å². The van der Waals surface area contributed by atoms with E-state index in [4.69, 9.17) is 5.11 Å². The van der Waals surface area contributed by atoms with E-state index in [0.717, 1.165) is 24.2 Å². The second kappa shape index (κ2) is 6.15. The van der Waals surface area contributed by atoms with Gasteiger partial charge in [0.15, 0.2) is 0 Å². The van der Waals surface area contributed by atoms with Gasteiger partial charge in [-0.1, -0.05) is 12.1 Å². The first kappa shape index (κ1) is 13.3. The van der Waals surface area contributed by atoms with Crippen LogP contribution in [0.4, 0.5) is 0 Å². The van der Waals surface area contributed by atoms with Crippen LogP contribution in [0.3, 0.4) is 0 Å². The lowest BCUT2D eigenvalue weighted by atomic mass is 10.1. The number of carbonyl (C=O) groups is 1. The van der Waals surface area contributed by atoms with Crippen molar-refractivity contribution in [2.75, 3.05) is 0 Å². The first-order chi connectivity index (χ1) is 9.19. The first-order valence-corrected chi connectivity index (χ1v) is 6.23. The smallest absolute Gasteiger partial charge is 0.335 e. The molecule has 0 aliphatic heterocycles. The summed E-state index contributed by atoms with van der Waals surface area (Å²) in [6, 6.07) is 6.89. The number of aromatic carboxylic acids is 1. The molecule has 2 N–H and O–H groups in total. The van der Waals surface area contributed by atoms with E-state index < -0.39 is 5.97 Å². The second-order valence-electron chi connectivity index (χ2n) is 4.31. The number of carboxylic acids is 1. The van der Waals surface area contributed by atoms with Crippen LogP contribution in [0.25, 0.3) is 0 Å². The van der Waals surface area contributed by atoms with Gasteiger partial charge < -0.3 is 10.4 Å². The zero-order valence-corrected chi connectivity index (χ0v) is 10.8. The summed E-state index contributed by atoms with van der Waals surface area (Å²) in [6.07, 6.45) is 3.87. The Morgan fingerprint density at radius 3 is 2.53 bits per heavy atom. The van der Waals surface area contributed by atoms with Crippen molar-refractivity contribution in [3.8, 4) is 0 Å². The second-order valence-corrected chi connectivity index (χ2v) is 4.31. The number of aromatic nitrogens is 2. The first-order valence-electron chi connectivity index (χ1n) is 6.23. The number of benzene rings is 1. The van der Waals surface area contributed by atoms with Gasteiger partial charge in [-0.2, -0.15) is 5.10 Å². The molecule has 0 atom stereocenters. The van der Waals surface area contributed by atoms with Crippen LogP contribution in [-0.2, 0) is 19.6 Å². The molecule has 0 aliphatic carbocycles. The Morgan fingerprint density at radius 1 is 1.26 bits per heavy atom. The Labute approximate surface area is 111 Å². The lowest BCUT2D eigenvalue weighted by Gasteiger charge is -2.03. The maximum atomic E-state index is 10.7. The molecule has 0 aliphatic rings. The molecule has 1 aromatic heterocycles. The molecule has 0 bridgehead atoms. The van der Waals surface area contributed by atoms with Crippen LogP contribution in [0, 0.1) is 0 Å². The van der Waals surface area contributed by atoms with E-state index in [1.165, 1.54) is 0 Å². The van der Waals surface area contributed by atoms with Crippen LogP contribution in [0.1, 0.15) is 28.4 Å². The molecule has 1 heterocycles. The van der Waals surface area contributed by atoms with E-state index in [1.807, 2.05) is 36.1 Å². The molecule has 19 heavy (non-hydrogen) atoms. The van der Waals surface area contributed by atoms with Gasteiger partial charge in [0.25, 0.3) is 0 Å². The van der Waals surface area contributed by atoms with Crippen LogP contribution >= 0.6 is 0 Å². The SMILES string of the molecule is CCn1cc(CNCc2ccc(C(=O)O)cc2)cn1. The number of nitrogens with one attached hydrogen (secondary N) is 1. The summed E-state index contributed by atoms with van der Waals surface area (Å²) in [4.78, 5) is 10.7. The fraction of sp³-hybridized carbons (Fsp3) is 0.286. The number of rotatable bonds is 6. The fourth-order valence-corrected chi connectivity index (χ4v) is 1.79. The summed E-state index contributed by atoms with van der Waals surface area (Å²) in [7, 11) is 0. The van der Waals surface area contributed by atoms with E-state index in [-0.39, 0.29) is 0 Å². The lowest BCUT2D eigenvalue weighted by Crippen LogP contribution is -2.12. The van der Waals surface area contributed by atoms with Crippen LogP contribution in [-0.4, -0.2) is 20.9 Å². The molecule has 2 aromatic rings. The quantitative estimate of drug-likeness (QED) is 0.831. The molecule has 0 saturated heterocycles. The summed E-state index contributed by atoms with van der Waals surface area (Å²) in [6.45, 7) is 4.38. The molecule has 0 radical (unpaired) electrons. The van der Waals surface area contributed by atoms with Crippen LogP contribution in [0.2, 0.25) is 0 Å². The molecule has 0 fully saturated rings. The van der Waals surface area contributed by atoms with Crippen molar-refractivity contribution < 1.29 is 9.90 Å². The van der Waals surface area contributed by atoms with Crippen molar-refractivity contribution in [2.24, 2.45) is 0 Å². The van der Waals surface area contributed by atoms with Gasteiger partial charge in [0.2, 0.25) is 0 Å². The van der Waals surface area contributed by atoms with Gasteiger partial charge in [-0.15, -0.1) is 0 Å². The van der Waals surface area contributed by atoms with Crippen molar-refractivity contribution in [1.82, 2.24) is 15.1 Å². The molecule has 0 spiro atoms. The third-order valence-corrected chi connectivity index (χ3v) is 2.87. The molecule has 5 nitrogen and oxygen atoms in total. The molecule has 100 valence electrons. The van der Waals surface area contributed by atoms with Crippen LogP contribution in [0.5, 0.6) is 0 Å². The Balaban J connectivity index is 1.83. The summed E-state index contributed by atoms with van der Waals surface area (Å²) < 4.78 is 1.89. The summed E-state index contributed by atoms with van der Waals surface area (Å²) in [5.41, 5.74) is 2.52. The van der Waals surface area contributed by atoms with E-state index in [9.17, 15) is 4.79 Å². The van der Waals surface area contributed by atoms with Gasteiger partial charge >= 0.3 is 5.97 Å². The predicted molar refractivity (Wildman–Crippen MR) is 71.8 cm³/mol. The van der Waals surface area contributed by atoms with Gasteiger partial charge in [0, 0.05) is 31.4 Å². The molecular weight excluding hydrogens is 242 g/mol. The Morgan fingerprint density at radius 2 is 1.95 bits per heavy atom. The minimum atomic E-state index is -0.897. The van der Waals surface area contributed by atoms with E-state index in [2.05, 4.69) is 10.4 Å². The number of nitrogens with zero attached hydrogens (tertiary/aromatic N) is 2. The molecular formula is C14H17N3O2. The largest absolute Gasteiger partial charge is 0.478 e. The van der Waals surface area contributed by atoms with Gasteiger partial charge in [-0.05, 0) is 24.6 Å². The van der Waals surface area contributed by atoms with Gasteiger partial charge in [0.1, 0.15) is 0 Å². The van der Waals surface area contributed by atoms with Crippen molar-refractivity contribution in [2.45, 2.75) is 26.6 Å². The summed E-state index contributed by atoms with van der Waals surface area (Å²) in [5, 5.41) is 16.3. The van der Waals surface area contributed by atoms with Crippen molar-refractivity contribution in [1.29, 1.82) is 0 Å². The Bertz CT molecular complexity index is 546. The van der Waals surface area contributed by atoms with Gasteiger partial charge in [-0.25, -0.2) is 4.79 Å². The van der Waals surface area contributed by atoms with E-state index >= 15 is 0 Å². The number of hydrogen-bond acceptors (Lipinski definition) is 3. The topological polar surface area (TPSA) is 67.2 Å². The highest BCUT2D eigenvalue weighted by atomic mass is 16.4. The minimum Gasteiger partial charge on any atom is -0.478 e. The summed E-state index contributed by atoms with van der Waals surface area (Å²) >= 11 is 0. The average molecular weight is 259 g/mol. The standard InChI is InChI=1S/C14H17N3O2/c1-2-17-10-12(9-16-17)8-15-7-11-3-5-13(6-4-11)14(18)19/h3-6,9-10,15H,2,7-8H2,1H3,(H,18,19). The highest BCUT2D eigenvalue weighted by molar-refractivity contribution is 5.87. The maximum Gasteiger partial charge on any atom is 0.335 e. The number of aryl methyl sites for hydroxylation is 1. The molecule has 5 heteroatoms. The van der Waals surface area contributed by atoms with Gasteiger partial charge in [0.05, 0.1) is 11.8 Å². The maximum absolute atomic E-state index is 10.7. The fourth-order valence-electron chi connectivity index (χ4n) is 1.79. The highest BCUT2D eigenvalue weighted by Gasteiger charge is 2.02. The Kier molecular flexibility index (Phi) is 4.30. The van der Waals surface area contributed by atoms with E-state index in [1.54, 1.807) is 12.1 Å². The van der Waals surface area contributed by atoms with Crippen LogP contribution in [0.15, 0.2) is 36.7 Å². The molecule has 0 amide bonds. The minimum absolute atomic E-state index is 0.313.